The van der Waals surface area contributed by atoms with Crippen molar-refractivity contribution in [3.63, 3.8) is 0 Å². The molecule has 7 heteroatoms. The number of benzene rings is 1. The number of hydrogen-bond donors (Lipinski definition) is 0. The largest absolute Gasteiger partial charge is 0.539 e. The van der Waals surface area contributed by atoms with E-state index in [9.17, 15) is 5.26 Å². The van der Waals surface area contributed by atoms with Crippen LogP contribution < -0.4 is 13.9 Å². The zero-order valence-corrected chi connectivity index (χ0v) is 18.6. The number of nitriles is 1. The predicted molar refractivity (Wildman–Crippen MR) is 108 cm³/mol. The number of rotatable bonds is 6. The van der Waals surface area contributed by atoms with E-state index < -0.39 is 8.32 Å². The van der Waals surface area contributed by atoms with Gasteiger partial charge < -0.3 is 18.6 Å². The maximum Gasteiger partial charge on any atom is 0.250 e. The molecule has 0 N–H and O–H groups in total. The van der Waals surface area contributed by atoms with Gasteiger partial charge in [0.25, 0.3) is 8.32 Å². The molecule has 0 radical (unpaired) electrons. The zero-order valence-electron chi connectivity index (χ0n) is 17.6. The van der Waals surface area contributed by atoms with Crippen molar-refractivity contribution in [3.05, 3.63) is 17.7 Å². The molecule has 1 heterocycles. The molecule has 1 fully saturated rings. The van der Waals surface area contributed by atoms with Crippen molar-refractivity contribution >= 4 is 8.32 Å². The predicted octanol–water partition coefficient (Wildman–Crippen LogP) is 3.98. The minimum absolute atomic E-state index is 0.0463. The van der Waals surface area contributed by atoms with Gasteiger partial charge in [0.15, 0.2) is 17.2 Å². The lowest BCUT2D eigenvalue weighted by Crippen LogP contribution is -2.44. The molecular weight excluding hydrogens is 360 g/mol. The van der Waals surface area contributed by atoms with Gasteiger partial charge in [0.05, 0.1) is 33.5 Å². The molecule has 0 bridgehead atoms. The Bertz CT molecular complexity index is 663. The van der Waals surface area contributed by atoms with E-state index in [0.717, 1.165) is 18.7 Å². The first-order valence-electron chi connectivity index (χ1n) is 9.31. The normalized spacial score (nSPS) is 17.1. The molecule has 27 heavy (non-hydrogen) atoms. The van der Waals surface area contributed by atoms with Gasteiger partial charge in [-0.3, -0.25) is 4.90 Å². The summed E-state index contributed by atoms with van der Waals surface area (Å²) in [7, 11) is 1.16. The molecule has 1 aliphatic rings. The molecule has 0 amide bonds. The standard InChI is InChI=1S/C20H32N2O4Si/c1-20(2,3)27(6,7)26-19-17(23-4)12-15(13-18(19)24-5)16(14-21)22-8-10-25-11-9-22/h12-13,16H,8-11H2,1-7H3. The van der Waals surface area contributed by atoms with Crippen molar-refractivity contribution in [3.8, 4) is 23.3 Å². The Morgan fingerprint density at radius 3 is 2.04 bits per heavy atom. The van der Waals surface area contributed by atoms with Crippen LogP contribution in [0.3, 0.4) is 0 Å². The van der Waals surface area contributed by atoms with Crippen LogP contribution in [0.25, 0.3) is 0 Å². The fourth-order valence-corrected chi connectivity index (χ4v) is 3.79. The van der Waals surface area contributed by atoms with Gasteiger partial charge >= 0.3 is 0 Å². The van der Waals surface area contributed by atoms with Crippen LogP contribution in [0.15, 0.2) is 12.1 Å². The minimum atomic E-state index is -2.08. The first-order valence-corrected chi connectivity index (χ1v) is 12.2. The van der Waals surface area contributed by atoms with Crippen molar-refractivity contribution in [2.75, 3.05) is 40.5 Å². The van der Waals surface area contributed by atoms with Crippen LogP contribution in [-0.4, -0.2) is 53.7 Å². The summed E-state index contributed by atoms with van der Waals surface area (Å²) < 4.78 is 23.2. The van der Waals surface area contributed by atoms with Crippen LogP contribution in [0.1, 0.15) is 32.4 Å². The number of morpholine rings is 1. The minimum Gasteiger partial charge on any atom is -0.539 e. The van der Waals surface area contributed by atoms with E-state index >= 15 is 0 Å². The van der Waals surface area contributed by atoms with Gasteiger partial charge in [0.2, 0.25) is 0 Å². The van der Waals surface area contributed by atoms with Crippen LogP contribution in [0.2, 0.25) is 18.1 Å². The molecule has 1 unspecified atom stereocenters. The summed E-state index contributed by atoms with van der Waals surface area (Å²) in [5.74, 6) is 1.82. The second-order valence-corrected chi connectivity index (χ2v) is 13.0. The summed E-state index contributed by atoms with van der Waals surface area (Å²) in [4.78, 5) is 2.12. The summed E-state index contributed by atoms with van der Waals surface area (Å²) in [6.07, 6.45) is 0. The van der Waals surface area contributed by atoms with Crippen LogP contribution in [0, 0.1) is 11.3 Å². The molecule has 6 nitrogen and oxygen atoms in total. The molecule has 150 valence electrons. The summed E-state index contributed by atoms with van der Waals surface area (Å²) >= 11 is 0. The molecule has 0 aromatic heterocycles. The number of ether oxygens (including phenoxy) is 3. The SMILES string of the molecule is COc1cc(C(C#N)N2CCOCC2)cc(OC)c1O[Si](C)(C)C(C)(C)C. The lowest BCUT2D eigenvalue weighted by molar-refractivity contribution is 0.0266. The Kier molecular flexibility index (Phi) is 6.79. The highest BCUT2D eigenvalue weighted by atomic mass is 28.4. The lowest BCUT2D eigenvalue weighted by Gasteiger charge is -2.37. The van der Waals surface area contributed by atoms with Gasteiger partial charge in [0, 0.05) is 13.1 Å². The topological polar surface area (TPSA) is 64.0 Å². The zero-order chi connectivity index (χ0) is 20.2. The molecule has 0 aliphatic carbocycles. The van der Waals surface area contributed by atoms with Crippen LogP contribution >= 0.6 is 0 Å². The van der Waals surface area contributed by atoms with Gasteiger partial charge in [-0.1, -0.05) is 20.8 Å². The van der Waals surface area contributed by atoms with E-state index in [-0.39, 0.29) is 11.1 Å². The molecule has 1 atom stereocenters. The molecule has 2 rings (SSSR count). The molecule has 1 aliphatic heterocycles. The number of hydrogen-bond acceptors (Lipinski definition) is 6. The van der Waals surface area contributed by atoms with Crippen molar-refractivity contribution in [2.45, 2.75) is 44.9 Å². The van der Waals surface area contributed by atoms with Gasteiger partial charge in [-0.05, 0) is 35.8 Å². The Morgan fingerprint density at radius 2 is 1.63 bits per heavy atom. The fourth-order valence-electron chi connectivity index (χ4n) is 2.77. The Morgan fingerprint density at radius 1 is 1.11 bits per heavy atom. The van der Waals surface area contributed by atoms with E-state index in [1.54, 1.807) is 14.2 Å². The van der Waals surface area contributed by atoms with Crippen molar-refractivity contribution in [1.29, 1.82) is 5.26 Å². The Labute approximate surface area is 164 Å². The smallest absolute Gasteiger partial charge is 0.250 e. The molecule has 1 saturated heterocycles. The molecule has 1 aromatic carbocycles. The third-order valence-corrected chi connectivity index (χ3v) is 9.82. The van der Waals surface area contributed by atoms with Crippen molar-refractivity contribution in [1.82, 2.24) is 4.90 Å². The summed E-state index contributed by atoms with van der Waals surface area (Å²) in [6, 6.07) is 5.83. The highest BCUT2D eigenvalue weighted by molar-refractivity contribution is 6.74. The highest BCUT2D eigenvalue weighted by Crippen LogP contribution is 2.46. The van der Waals surface area contributed by atoms with Crippen LogP contribution in [0.5, 0.6) is 17.2 Å². The highest BCUT2D eigenvalue weighted by Gasteiger charge is 2.40. The molecule has 1 aromatic rings. The Balaban J connectivity index is 2.45. The van der Waals surface area contributed by atoms with E-state index in [1.807, 2.05) is 12.1 Å². The van der Waals surface area contributed by atoms with E-state index in [4.69, 9.17) is 18.6 Å². The molecule has 0 saturated carbocycles. The van der Waals surface area contributed by atoms with Crippen molar-refractivity contribution < 1.29 is 18.6 Å². The Hall–Kier alpha value is -1.75. The maximum absolute atomic E-state index is 9.78. The van der Waals surface area contributed by atoms with Gasteiger partial charge in [0.1, 0.15) is 6.04 Å². The second kappa shape index (κ2) is 8.51. The van der Waals surface area contributed by atoms with Crippen molar-refractivity contribution in [2.24, 2.45) is 0 Å². The fraction of sp³-hybridized carbons (Fsp3) is 0.650. The molecule has 0 spiro atoms. The third-order valence-electron chi connectivity index (χ3n) is 5.50. The monoisotopic (exact) mass is 392 g/mol. The summed E-state index contributed by atoms with van der Waals surface area (Å²) in [6.45, 7) is 13.7. The van der Waals surface area contributed by atoms with E-state index in [2.05, 4.69) is 44.8 Å². The third kappa shape index (κ3) is 4.75. The first-order chi connectivity index (χ1) is 12.6. The van der Waals surface area contributed by atoms with Crippen LogP contribution in [0.4, 0.5) is 0 Å². The second-order valence-electron chi connectivity index (χ2n) is 8.30. The van der Waals surface area contributed by atoms with Gasteiger partial charge in [-0.25, -0.2) is 0 Å². The molecular formula is C20H32N2O4Si. The van der Waals surface area contributed by atoms with Gasteiger partial charge in [-0.2, -0.15) is 5.26 Å². The van der Waals surface area contributed by atoms with E-state index in [0.29, 0.717) is 30.5 Å². The first kappa shape index (κ1) is 21.5. The number of nitrogens with zero attached hydrogens (tertiary/aromatic N) is 2. The van der Waals surface area contributed by atoms with Crippen LogP contribution in [-0.2, 0) is 4.74 Å². The van der Waals surface area contributed by atoms with E-state index in [1.165, 1.54) is 0 Å². The average molecular weight is 393 g/mol. The summed E-state index contributed by atoms with van der Waals surface area (Å²) in [5, 5.41) is 9.83. The maximum atomic E-state index is 9.78. The quantitative estimate of drug-likeness (QED) is 0.682. The number of methoxy groups -OCH3 is 2. The average Bonchev–Trinajstić information content (AvgIpc) is 2.62. The van der Waals surface area contributed by atoms with Gasteiger partial charge in [-0.15, -0.1) is 0 Å². The summed E-state index contributed by atoms with van der Waals surface area (Å²) in [5.41, 5.74) is 0.843. The lowest BCUT2D eigenvalue weighted by atomic mass is 10.0.